The number of carbonyl (C=O) groups is 3. The summed E-state index contributed by atoms with van der Waals surface area (Å²) in [6, 6.07) is 6.90. The van der Waals surface area contributed by atoms with Crippen LogP contribution in [0.2, 0.25) is 0 Å². The summed E-state index contributed by atoms with van der Waals surface area (Å²) in [6.45, 7) is 4.99. The minimum Gasteiger partial charge on any atom is -0.427 e. The van der Waals surface area contributed by atoms with Gasteiger partial charge in [-0.1, -0.05) is 60.1 Å². The molecule has 0 aromatic heterocycles. The van der Waals surface area contributed by atoms with Crippen LogP contribution in [0, 0.1) is 0 Å². The number of rotatable bonds is 5. The summed E-state index contributed by atoms with van der Waals surface area (Å²) in [7, 11) is -1.52. The van der Waals surface area contributed by atoms with Crippen molar-refractivity contribution in [1.29, 1.82) is 0 Å². The Balaban J connectivity index is 1.72. The van der Waals surface area contributed by atoms with Gasteiger partial charge in [0.15, 0.2) is 6.04 Å². The molecular formula is C18H18Cl2N2O5S. The van der Waals surface area contributed by atoms with Gasteiger partial charge in [-0.15, -0.1) is 0 Å². The maximum atomic E-state index is 12.6. The third-order valence-corrected chi connectivity index (χ3v) is 6.22. The monoisotopic (exact) mass is 444 g/mol. The van der Waals surface area contributed by atoms with Gasteiger partial charge in [0, 0.05) is 12.7 Å². The fourth-order valence-corrected chi connectivity index (χ4v) is 5.05. The number of amides is 2. The number of hydrogen-bond donors (Lipinski definition) is 1. The first-order valence-electron chi connectivity index (χ1n) is 8.39. The van der Waals surface area contributed by atoms with Crippen LogP contribution in [0.1, 0.15) is 12.5 Å². The number of esters is 1. The Morgan fingerprint density at radius 2 is 2.00 bits per heavy atom. The standard InChI is InChI=1S/C18H18Cl2N2O5S/c1-10-9-28(26)16-13(21-12(23)8-11-6-4-3-5-7-11)15(24)22(16)14(10)17(25)27-18(2,19)20/h3-7,13-14,16H,1,8-9H2,2H3,(H,21,23)/t13-,14-,16-,28+/m1/s1. The van der Waals surface area contributed by atoms with Crippen molar-refractivity contribution in [3.05, 3.63) is 48.0 Å². The van der Waals surface area contributed by atoms with Crippen molar-refractivity contribution in [1.82, 2.24) is 10.2 Å². The van der Waals surface area contributed by atoms with E-state index in [1.807, 2.05) is 6.07 Å². The largest absolute Gasteiger partial charge is 0.427 e. The first kappa shape index (κ1) is 20.8. The Labute approximate surface area is 174 Å². The summed E-state index contributed by atoms with van der Waals surface area (Å²) in [6.07, 6.45) is 0.0823. The molecule has 28 heavy (non-hydrogen) atoms. The minimum atomic E-state index is -1.78. The van der Waals surface area contributed by atoms with Gasteiger partial charge >= 0.3 is 5.97 Å². The number of carbonyl (C=O) groups excluding carboxylic acids is 3. The van der Waals surface area contributed by atoms with Gasteiger partial charge in [0.25, 0.3) is 4.52 Å². The Bertz CT molecular complexity index is 855. The molecule has 2 saturated heterocycles. The average molecular weight is 445 g/mol. The SMILES string of the molecule is C=C1C[S@](=O)[C@@H]2[C@H](NC(=O)Cc3ccccc3)C(=O)N2[C@H]1C(=O)OC(C)(Cl)Cl. The Morgan fingerprint density at radius 1 is 1.36 bits per heavy atom. The molecule has 0 spiro atoms. The highest BCUT2D eigenvalue weighted by atomic mass is 35.5. The Morgan fingerprint density at radius 3 is 2.61 bits per heavy atom. The summed E-state index contributed by atoms with van der Waals surface area (Å²) in [5, 5.41) is 1.77. The van der Waals surface area contributed by atoms with Crippen LogP contribution in [0.25, 0.3) is 0 Å². The van der Waals surface area contributed by atoms with E-state index in [2.05, 4.69) is 11.9 Å². The molecule has 0 radical (unpaired) electrons. The molecule has 1 aromatic carbocycles. The quantitative estimate of drug-likeness (QED) is 0.319. The molecule has 0 saturated carbocycles. The van der Waals surface area contributed by atoms with E-state index in [1.54, 1.807) is 24.3 Å². The van der Waals surface area contributed by atoms with E-state index in [0.29, 0.717) is 0 Å². The molecule has 4 atom stereocenters. The van der Waals surface area contributed by atoms with Gasteiger partial charge in [-0.2, -0.15) is 0 Å². The maximum Gasteiger partial charge on any atom is 0.335 e. The minimum absolute atomic E-state index is 0.000550. The number of nitrogens with one attached hydrogen (secondary N) is 1. The van der Waals surface area contributed by atoms with Crippen molar-refractivity contribution in [2.24, 2.45) is 0 Å². The van der Waals surface area contributed by atoms with Crippen LogP contribution in [-0.4, -0.2) is 54.6 Å². The lowest BCUT2D eigenvalue weighted by molar-refractivity contribution is -0.165. The third-order valence-electron chi connectivity index (χ3n) is 4.37. The number of hydrogen-bond acceptors (Lipinski definition) is 5. The molecule has 0 unspecified atom stereocenters. The van der Waals surface area contributed by atoms with Crippen LogP contribution in [0.15, 0.2) is 42.5 Å². The number of ether oxygens (including phenoxy) is 1. The summed E-state index contributed by atoms with van der Waals surface area (Å²) in [4.78, 5) is 38.4. The molecule has 0 aliphatic carbocycles. The van der Waals surface area contributed by atoms with Crippen molar-refractivity contribution < 1.29 is 23.3 Å². The number of fused-ring (bicyclic) bond motifs is 1. The van der Waals surface area contributed by atoms with Crippen LogP contribution in [0.4, 0.5) is 0 Å². The average Bonchev–Trinajstić information content (AvgIpc) is 2.58. The van der Waals surface area contributed by atoms with Crippen LogP contribution in [0.5, 0.6) is 0 Å². The molecule has 1 aromatic rings. The van der Waals surface area contributed by atoms with Gasteiger partial charge in [-0.25, -0.2) is 4.79 Å². The van der Waals surface area contributed by atoms with Gasteiger partial charge in [0.2, 0.25) is 11.8 Å². The van der Waals surface area contributed by atoms with E-state index in [-0.39, 0.29) is 23.7 Å². The second-order valence-electron chi connectivity index (χ2n) is 6.66. The summed E-state index contributed by atoms with van der Waals surface area (Å²) >= 11 is 11.4. The summed E-state index contributed by atoms with van der Waals surface area (Å²) in [5.41, 5.74) is 1.05. The van der Waals surface area contributed by atoms with Gasteiger partial charge in [0.1, 0.15) is 11.4 Å². The smallest absolute Gasteiger partial charge is 0.335 e. The second kappa shape index (κ2) is 7.85. The predicted octanol–water partition coefficient (Wildman–Crippen LogP) is 1.26. The molecule has 2 aliphatic heterocycles. The molecule has 0 bridgehead atoms. The van der Waals surface area contributed by atoms with E-state index in [0.717, 1.165) is 10.5 Å². The van der Waals surface area contributed by atoms with Crippen molar-refractivity contribution in [2.45, 2.75) is 35.3 Å². The number of β-lactam (4-membered cyclic amide) rings is 1. The molecule has 10 heteroatoms. The normalized spacial score (nSPS) is 26.9. The van der Waals surface area contributed by atoms with Crippen molar-refractivity contribution >= 4 is 51.8 Å². The van der Waals surface area contributed by atoms with Crippen molar-refractivity contribution in [3.8, 4) is 0 Å². The van der Waals surface area contributed by atoms with Gasteiger partial charge in [0.05, 0.1) is 17.2 Å². The highest BCUT2D eigenvalue weighted by Gasteiger charge is 2.59. The zero-order chi connectivity index (χ0) is 20.6. The fourth-order valence-electron chi connectivity index (χ4n) is 3.23. The van der Waals surface area contributed by atoms with Gasteiger partial charge < -0.3 is 15.0 Å². The first-order chi connectivity index (χ1) is 13.1. The van der Waals surface area contributed by atoms with E-state index >= 15 is 0 Å². The number of halogens is 2. The third kappa shape index (κ3) is 4.24. The van der Waals surface area contributed by atoms with E-state index in [9.17, 15) is 18.6 Å². The second-order valence-corrected chi connectivity index (χ2v) is 9.83. The van der Waals surface area contributed by atoms with E-state index in [4.69, 9.17) is 27.9 Å². The fraction of sp³-hybridized carbons (Fsp3) is 0.389. The lowest BCUT2D eigenvalue weighted by Crippen LogP contribution is -2.77. The van der Waals surface area contributed by atoms with E-state index in [1.165, 1.54) is 6.92 Å². The molecule has 150 valence electrons. The van der Waals surface area contributed by atoms with Gasteiger partial charge in [-0.3, -0.25) is 13.8 Å². The first-order valence-corrected chi connectivity index (χ1v) is 10.5. The number of benzene rings is 1. The van der Waals surface area contributed by atoms with Crippen molar-refractivity contribution in [2.75, 3.05) is 5.75 Å². The van der Waals surface area contributed by atoms with E-state index < -0.39 is 44.7 Å². The highest BCUT2D eigenvalue weighted by Crippen LogP contribution is 2.36. The van der Waals surface area contributed by atoms with Crippen LogP contribution >= 0.6 is 23.2 Å². The lowest BCUT2D eigenvalue weighted by Gasteiger charge is -2.52. The van der Waals surface area contributed by atoms with Crippen LogP contribution < -0.4 is 5.32 Å². The predicted molar refractivity (Wildman–Crippen MR) is 105 cm³/mol. The molecule has 2 fully saturated rings. The molecule has 1 N–H and O–H groups in total. The molecule has 2 amide bonds. The molecule has 3 rings (SSSR count). The summed E-state index contributed by atoms with van der Waals surface area (Å²) in [5.74, 6) is -1.77. The molecule has 7 nitrogen and oxygen atoms in total. The molecule has 2 aliphatic rings. The zero-order valence-corrected chi connectivity index (χ0v) is 17.2. The Hall–Kier alpha value is -1.90. The van der Waals surface area contributed by atoms with Gasteiger partial charge in [-0.05, 0) is 11.1 Å². The maximum absolute atomic E-state index is 12.6. The molecular weight excluding hydrogens is 427 g/mol. The topological polar surface area (TPSA) is 92.8 Å². The highest BCUT2D eigenvalue weighted by molar-refractivity contribution is 7.86. The lowest BCUT2D eigenvalue weighted by atomic mass is 9.98. The molecule has 2 heterocycles. The van der Waals surface area contributed by atoms with Crippen LogP contribution in [-0.2, 0) is 36.3 Å². The number of alkyl halides is 2. The zero-order valence-electron chi connectivity index (χ0n) is 14.9. The number of nitrogens with zero attached hydrogens (tertiary/aromatic N) is 1. The summed E-state index contributed by atoms with van der Waals surface area (Å²) < 4.78 is 15.7. The van der Waals surface area contributed by atoms with Crippen LogP contribution in [0.3, 0.4) is 0 Å². The van der Waals surface area contributed by atoms with Crippen molar-refractivity contribution in [3.63, 3.8) is 0 Å². The Kier molecular flexibility index (Phi) is 5.84.